The van der Waals surface area contributed by atoms with Gasteiger partial charge in [0, 0.05) is 35.5 Å². The van der Waals surface area contributed by atoms with Crippen LogP contribution in [0.25, 0.3) is 22.3 Å². The first-order chi connectivity index (χ1) is 13.3. The molecule has 0 saturated heterocycles. The van der Waals surface area contributed by atoms with Crippen LogP contribution in [0.2, 0.25) is 5.02 Å². The zero-order valence-electron chi connectivity index (χ0n) is 14.4. The van der Waals surface area contributed by atoms with Crippen molar-refractivity contribution in [3.63, 3.8) is 0 Å². The van der Waals surface area contributed by atoms with Crippen LogP contribution in [-0.4, -0.2) is 43.4 Å². The molecule has 9 heteroatoms. The molecule has 7 nitrogen and oxygen atoms in total. The van der Waals surface area contributed by atoms with Gasteiger partial charge in [-0.05, 0) is 42.1 Å². The van der Waals surface area contributed by atoms with Gasteiger partial charge in [-0.2, -0.15) is 0 Å². The number of rotatable bonds is 6. The van der Waals surface area contributed by atoms with Crippen molar-refractivity contribution in [1.82, 2.24) is 29.7 Å². The third kappa shape index (κ3) is 3.78. The predicted octanol–water partition coefficient (Wildman–Crippen LogP) is 3.73. The fraction of sp³-hybridized carbons (Fsp3) is 0.167. The summed E-state index contributed by atoms with van der Waals surface area (Å²) in [4.78, 5) is 12.8. The van der Waals surface area contributed by atoms with Crippen LogP contribution in [-0.2, 0) is 11.3 Å². The van der Waals surface area contributed by atoms with Gasteiger partial charge < -0.3 is 4.74 Å². The van der Waals surface area contributed by atoms with Crippen LogP contribution in [0.5, 0.6) is 0 Å². The molecule has 4 rings (SSSR count). The Kier molecular flexibility index (Phi) is 5.28. The van der Waals surface area contributed by atoms with Gasteiger partial charge in [-0.1, -0.05) is 11.6 Å². The predicted molar refractivity (Wildman–Crippen MR) is 104 cm³/mol. The molecule has 0 unspecified atom stereocenters. The minimum Gasteiger partial charge on any atom is -0.383 e. The summed E-state index contributed by atoms with van der Waals surface area (Å²) in [5.41, 5.74) is 1.73. The topological polar surface area (TPSA) is 78.6 Å². The van der Waals surface area contributed by atoms with E-state index >= 15 is 0 Å². The number of benzene rings is 1. The summed E-state index contributed by atoms with van der Waals surface area (Å²) in [6.07, 6.45) is 5.00. The van der Waals surface area contributed by atoms with Crippen LogP contribution in [0.4, 0.5) is 0 Å². The molecule has 0 aliphatic carbocycles. The molecule has 0 saturated carbocycles. The molecule has 27 heavy (non-hydrogen) atoms. The summed E-state index contributed by atoms with van der Waals surface area (Å²) in [5.74, 6) is 0.762. The van der Waals surface area contributed by atoms with Gasteiger partial charge in [-0.25, -0.2) is 9.97 Å². The summed E-state index contributed by atoms with van der Waals surface area (Å²) in [6.45, 7) is 1.17. The fourth-order valence-corrected chi connectivity index (χ4v) is 3.73. The maximum Gasteiger partial charge on any atom is 0.197 e. The van der Waals surface area contributed by atoms with Crippen LogP contribution in [0.1, 0.15) is 0 Å². The lowest BCUT2D eigenvalue weighted by Crippen LogP contribution is -2.07. The van der Waals surface area contributed by atoms with Gasteiger partial charge in [-0.3, -0.25) is 9.55 Å². The molecular formula is C18H15ClN6OS. The lowest BCUT2D eigenvalue weighted by Gasteiger charge is -2.10. The highest BCUT2D eigenvalue weighted by Crippen LogP contribution is 2.32. The van der Waals surface area contributed by atoms with Crippen molar-refractivity contribution in [1.29, 1.82) is 0 Å². The second kappa shape index (κ2) is 7.99. The number of aromatic nitrogens is 6. The smallest absolute Gasteiger partial charge is 0.197 e. The van der Waals surface area contributed by atoms with E-state index in [1.54, 1.807) is 19.5 Å². The molecule has 0 amide bonds. The number of halogens is 1. The van der Waals surface area contributed by atoms with E-state index in [0.29, 0.717) is 18.2 Å². The Bertz CT molecular complexity index is 1070. The van der Waals surface area contributed by atoms with Crippen molar-refractivity contribution in [2.45, 2.75) is 16.7 Å². The van der Waals surface area contributed by atoms with E-state index in [2.05, 4.69) is 25.1 Å². The molecule has 136 valence electrons. The number of nitrogens with zero attached hydrogens (tertiary/aromatic N) is 6. The zero-order valence-corrected chi connectivity index (χ0v) is 16.0. The van der Waals surface area contributed by atoms with E-state index in [0.717, 1.165) is 32.5 Å². The molecule has 0 atom stereocenters. The highest BCUT2D eigenvalue weighted by atomic mass is 35.5. The van der Waals surface area contributed by atoms with E-state index in [9.17, 15) is 0 Å². The average Bonchev–Trinajstić information content (AvgIpc) is 3.09. The standard InChI is InChI=1S/C18H15ClN6OS/c1-26-9-8-25-16(12-4-6-20-7-5-12)23-24-18(25)27-17-14-3-2-13(19)10-15(14)21-11-22-17/h2-7,10-11H,8-9H2,1H3. The molecule has 0 aliphatic rings. The molecule has 0 fully saturated rings. The minimum atomic E-state index is 0.545. The number of hydrogen-bond donors (Lipinski definition) is 0. The van der Waals surface area contributed by atoms with Crippen LogP contribution in [0, 0.1) is 0 Å². The van der Waals surface area contributed by atoms with Crippen molar-refractivity contribution >= 4 is 34.3 Å². The Morgan fingerprint density at radius 1 is 1.11 bits per heavy atom. The molecular weight excluding hydrogens is 384 g/mol. The number of pyridine rings is 1. The third-order valence-corrected chi connectivity index (χ3v) is 5.16. The summed E-state index contributed by atoms with van der Waals surface area (Å²) in [5, 5.41) is 11.8. The maximum atomic E-state index is 6.07. The average molecular weight is 399 g/mol. The van der Waals surface area contributed by atoms with Gasteiger partial charge in [0.25, 0.3) is 0 Å². The first kappa shape index (κ1) is 17.8. The van der Waals surface area contributed by atoms with Crippen LogP contribution in [0.15, 0.2) is 59.2 Å². The number of fused-ring (bicyclic) bond motifs is 1. The number of methoxy groups -OCH3 is 1. The molecule has 0 bridgehead atoms. The summed E-state index contributed by atoms with van der Waals surface area (Å²) in [7, 11) is 1.67. The SMILES string of the molecule is COCCn1c(Sc2ncnc3cc(Cl)ccc23)nnc1-c1ccncc1. The van der Waals surface area contributed by atoms with Crippen LogP contribution in [0.3, 0.4) is 0 Å². The Labute approximate surface area is 164 Å². The zero-order chi connectivity index (χ0) is 18.6. The normalized spacial score (nSPS) is 11.2. The van der Waals surface area contributed by atoms with E-state index in [-0.39, 0.29) is 0 Å². The number of hydrogen-bond acceptors (Lipinski definition) is 7. The Morgan fingerprint density at radius 2 is 1.96 bits per heavy atom. The lowest BCUT2D eigenvalue weighted by molar-refractivity contribution is 0.185. The quantitative estimate of drug-likeness (QED) is 0.458. The maximum absolute atomic E-state index is 6.07. The summed E-state index contributed by atoms with van der Waals surface area (Å²) >= 11 is 7.51. The van der Waals surface area contributed by atoms with Crippen molar-refractivity contribution in [3.8, 4) is 11.4 Å². The number of ether oxygens (including phenoxy) is 1. The molecule has 1 aromatic carbocycles. The van der Waals surface area contributed by atoms with Crippen molar-refractivity contribution in [3.05, 3.63) is 54.1 Å². The monoisotopic (exact) mass is 398 g/mol. The minimum absolute atomic E-state index is 0.545. The Morgan fingerprint density at radius 3 is 2.78 bits per heavy atom. The second-order valence-corrected chi connectivity index (χ2v) is 7.02. The first-order valence-electron chi connectivity index (χ1n) is 8.17. The van der Waals surface area contributed by atoms with Gasteiger partial charge >= 0.3 is 0 Å². The fourth-order valence-electron chi connectivity index (χ4n) is 2.64. The van der Waals surface area contributed by atoms with Crippen molar-refractivity contribution in [2.24, 2.45) is 0 Å². The summed E-state index contributed by atoms with van der Waals surface area (Å²) in [6, 6.07) is 9.38. The molecule has 3 aromatic heterocycles. The van der Waals surface area contributed by atoms with E-state index in [1.807, 2.05) is 34.9 Å². The molecule has 0 N–H and O–H groups in total. The summed E-state index contributed by atoms with van der Waals surface area (Å²) < 4.78 is 7.28. The molecule has 3 heterocycles. The molecule has 0 spiro atoms. The van der Waals surface area contributed by atoms with Crippen molar-refractivity contribution in [2.75, 3.05) is 13.7 Å². The highest BCUT2D eigenvalue weighted by molar-refractivity contribution is 7.99. The van der Waals surface area contributed by atoms with Gasteiger partial charge in [0.1, 0.15) is 11.4 Å². The first-order valence-corrected chi connectivity index (χ1v) is 9.36. The van der Waals surface area contributed by atoms with E-state index in [1.165, 1.54) is 18.1 Å². The molecule has 0 aliphatic heterocycles. The van der Waals surface area contributed by atoms with Crippen molar-refractivity contribution < 1.29 is 4.74 Å². The van der Waals surface area contributed by atoms with Crippen LogP contribution >= 0.6 is 23.4 Å². The van der Waals surface area contributed by atoms with Crippen LogP contribution < -0.4 is 0 Å². The molecule has 4 aromatic rings. The van der Waals surface area contributed by atoms with E-state index < -0.39 is 0 Å². The van der Waals surface area contributed by atoms with E-state index in [4.69, 9.17) is 16.3 Å². The Balaban J connectivity index is 1.75. The van der Waals surface area contributed by atoms with Gasteiger partial charge in [-0.15, -0.1) is 10.2 Å². The second-order valence-electron chi connectivity index (χ2n) is 5.63. The van der Waals surface area contributed by atoms with Gasteiger partial charge in [0.05, 0.1) is 18.7 Å². The Hall–Kier alpha value is -2.55. The largest absolute Gasteiger partial charge is 0.383 e. The third-order valence-electron chi connectivity index (χ3n) is 3.92. The lowest BCUT2D eigenvalue weighted by atomic mass is 10.2. The molecule has 0 radical (unpaired) electrons. The van der Waals surface area contributed by atoms with Gasteiger partial charge in [0.15, 0.2) is 11.0 Å². The highest BCUT2D eigenvalue weighted by Gasteiger charge is 2.17. The van der Waals surface area contributed by atoms with Gasteiger partial charge in [0.2, 0.25) is 0 Å².